The first kappa shape index (κ1) is 12.6. The van der Waals surface area contributed by atoms with Crippen molar-refractivity contribution in [2.24, 2.45) is 12.8 Å². The van der Waals surface area contributed by atoms with E-state index in [1.54, 1.807) is 0 Å². The Morgan fingerprint density at radius 3 is 2.53 bits per heavy atom. The molecule has 2 rings (SSSR count). The summed E-state index contributed by atoms with van der Waals surface area (Å²) >= 11 is 0. The maximum absolute atomic E-state index is 6.05. The van der Waals surface area contributed by atoms with Crippen LogP contribution in [0.25, 0.3) is 0 Å². The predicted octanol–water partition coefficient (Wildman–Crippen LogP) is 2.10. The molecule has 1 aliphatic carbocycles. The lowest BCUT2D eigenvalue weighted by Crippen LogP contribution is -2.28. The van der Waals surface area contributed by atoms with Crippen LogP contribution in [0.1, 0.15) is 64.0 Å². The van der Waals surface area contributed by atoms with Crippen molar-refractivity contribution in [1.29, 1.82) is 0 Å². The van der Waals surface area contributed by atoms with Crippen LogP contribution in [0.2, 0.25) is 0 Å². The van der Waals surface area contributed by atoms with E-state index in [4.69, 9.17) is 10.7 Å². The number of rotatable bonds is 1. The summed E-state index contributed by atoms with van der Waals surface area (Å²) in [5.74, 6) is 2.55. The predicted molar refractivity (Wildman–Crippen MR) is 68.9 cm³/mol. The number of hydrogen-bond acceptors (Lipinski definition) is 3. The third-order valence-corrected chi connectivity index (χ3v) is 3.55. The zero-order valence-electron chi connectivity index (χ0n) is 11.4. The van der Waals surface area contributed by atoms with Crippen LogP contribution < -0.4 is 5.73 Å². The molecule has 1 fully saturated rings. The van der Waals surface area contributed by atoms with Gasteiger partial charge in [-0.25, -0.2) is 4.98 Å². The lowest BCUT2D eigenvalue weighted by atomic mass is 9.85. The fourth-order valence-corrected chi connectivity index (χ4v) is 2.53. The van der Waals surface area contributed by atoms with Gasteiger partial charge in [0.1, 0.15) is 5.82 Å². The maximum Gasteiger partial charge on any atom is 0.156 e. The molecule has 1 saturated carbocycles. The van der Waals surface area contributed by atoms with Crippen molar-refractivity contribution >= 4 is 0 Å². The second-order valence-electron chi connectivity index (χ2n) is 6.29. The first-order valence-electron chi connectivity index (χ1n) is 6.55. The van der Waals surface area contributed by atoms with Gasteiger partial charge in [-0.15, -0.1) is 0 Å². The average molecular weight is 236 g/mol. The van der Waals surface area contributed by atoms with Gasteiger partial charge in [0.2, 0.25) is 0 Å². The monoisotopic (exact) mass is 236 g/mol. The number of aryl methyl sites for hydroxylation is 1. The van der Waals surface area contributed by atoms with E-state index in [1.165, 1.54) is 12.8 Å². The molecule has 0 spiro atoms. The van der Waals surface area contributed by atoms with Gasteiger partial charge in [-0.3, -0.25) is 4.68 Å². The molecule has 1 aromatic heterocycles. The fourth-order valence-electron chi connectivity index (χ4n) is 2.53. The number of aromatic nitrogens is 3. The van der Waals surface area contributed by atoms with Crippen molar-refractivity contribution in [3.63, 3.8) is 0 Å². The highest BCUT2D eigenvalue weighted by Gasteiger charge is 2.27. The lowest BCUT2D eigenvalue weighted by Gasteiger charge is -2.25. The molecular formula is C13H24N4. The third kappa shape index (κ3) is 2.68. The Hall–Kier alpha value is -0.900. The van der Waals surface area contributed by atoms with Crippen LogP contribution >= 0.6 is 0 Å². The second-order valence-corrected chi connectivity index (χ2v) is 6.29. The standard InChI is InChI=1S/C13H24N4/c1-13(2,3)12-15-11(17(4)16-12)9-6-5-7-10(14)8-9/h9-10H,5-8,14H2,1-4H3. The van der Waals surface area contributed by atoms with E-state index >= 15 is 0 Å². The van der Waals surface area contributed by atoms with Gasteiger partial charge >= 0.3 is 0 Å². The molecule has 4 nitrogen and oxygen atoms in total. The Morgan fingerprint density at radius 1 is 1.29 bits per heavy atom. The molecule has 0 aliphatic heterocycles. The van der Waals surface area contributed by atoms with Crippen LogP contribution in [0, 0.1) is 0 Å². The van der Waals surface area contributed by atoms with Crippen LogP contribution in [-0.2, 0) is 12.5 Å². The minimum Gasteiger partial charge on any atom is -0.328 e. The lowest BCUT2D eigenvalue weighted by molar-refractivity contribution is 0.374. The number of nitrogens with zero attached hydrogens (tertiary/aromatic N) is 3. The highest BCUT2D eigenvalue weighted by molar-refractivity contribution is 5.08. The van der Waals surface area contributed by atoms with Crippen LogP contribution in [0.3, 0.4) is 0 Å². The third-order valence-electron chi connectivity index (χ3n) is 3.55. The highest BCUT2D eigenvalue weighted by atomic mass is 15.3. The largest absolute Gasteiger partial charge is 0.328 e. The average Bonchev–Trinajstić information content (AvgIpc) is 2.60. The Balaban J connectivity index is 2.23. The van der Waals surface area contributed by atoms with Crippen molar-refractivity contribution in [3.05, 3.63) is 11.6 Å². The molecule has 4 heteroatoms. The summed E-state index contributed by atoms with van der Waals surface area (Å²) < 4.78 is 1.95. The quantitative estimate of drug-likeness (QED) is 0.812. The van der Waals surface area contributed by atoms with Crippen LogP contribution in [0.5, 0.6) is 0 Å². The summed E-state index contributed by atoms with van der Waals surface area (Å²) in [6.07, 6.45) is 4.62. The molecule has 1 heterocycles. The minimum absolute atomic E-state index is 0.0206. The maximum atomic E-state index is 6.05. The molecule has 2 atom stereocenters. The fraction of sp³-hybridized carbons (Fsp3) is 0.846. The van der Waals surface area contributed by atoms with E-state index in [-0.39, 0.29) is 5.41 Å². The zero-order valence-corrected chi connectivity index (χ0v) is 11.4. The van der Waals surface area contributed by atoms with E-state index < -0.39 is 0 Å². The SMILES string of the molecule is Cn1nc(C(C)(C)C)nc1C1CCCC(N)C1. The van der Waals surface area contributed by atoms with E-state index in [0.29, 0.717) is 12.0 Å². The summed E-state index contributed by atoms with van der Waals surface area (Å²) in [6, 6.07) is 0.337. The molecule has 2 N–H and O–H groups in total. The molecule has 0 saturated heterocycles. The van der Waals surface area contributed by atoms with Gasteiger partial charge in [0, 0.05) is 24.4 Å². The van der Waals surface area contributed by atoms with Gasteiger partial charge in [-0.05, 0) is 19.3 Å². The second kappa shape index (κ2) is 4.41. The van der Waals surface area contributed by atoms with Crippen LogP contribution in [-0.4, -0.2) is 20.8 Å². The van der Waals surface area contributed by atoms with Gasteiger partial charge in [-0.1, -0.05) is 27.2 Å². The number of nitrogens with two attached hydrogens (primary N) is 1. The van der Waals surface area contributed by atoms with Crippen LogP contribution in [0.15, 0.2) is 0 Å². The van der Waals surface area contributed by atoms with Crippen molar-refractivity contribution in [1.82, 2.24) is 14.8 Å². The molecule has 0 amide bonds. The van der Waals surface area contributed by atoms with Crippen molar-refractivity contribution < 1.29 is 0 Å². The normalized spacial score (nSPS) is 26.2. The van der Waals surface area contributed by atoms with Crippen molar-refractivity contribution in [2.75, 3.05) is 0 Å². The van der Waals surface area contributed by atoms with Gasteiger partial charge in [0.15, 0.2) is 5.82 Å². The molecule has 0 bridgehead atoms. The Labute approximate surface area is 104 Å². The first-order chi connectivity index (χ1) is 7.88. The summed E-state index contributed by atoms with van der Waals surface area (Å²) in [7, 11) is 2.00. The van der Waals surface area contributed by atoms with E-state index in [2.05, 4.69) is 25.9 Å². The summed E-state index contributed by atoms with van der Waals surface area (Å²) in [6.45, 7) is 6.45. The zero-order chi connectivity index (χ0) is 12.6. The highest BCUT2D eigenvalue weighted by Crippen LogP contribution is 2.32. The first-order valence-corrected chi connectivity index (χ1v) is 6.55. The molecule has 2 unspecified atom stereocenters. The topological polar surface area (TPSA) is 56.7 Å². The van der Waals surface area contributed by atoms with E-state index in [9.17, 15) is 0 Å². The molecule has 0 radical (unpaired) electrons. The van der Waals surface area contributed by atoms with E-state index in [0.717, 1.165) is 24.5 Å². The molecule has 0 aromatic carbocycles. The van der Waals surface area contributed by atoms with Crippen molar-refractivity contribution in [3.8, 4) is 0 Å². The smallest absolute Gasteiger partial charge is 0.156 e. The van der Waals surface area contributed by atoms with Crippen LogP contribution in [0.4, 0.5) is 0 Å². The molecule has 1 aromatic rings. The van der Waals surface area contributed by atoms with E-state index in [1.807, 2.05) is 11.7 Å². The molecule has 1 aliphatic rings. The minimum atomic E-state index is 0.0206. The molecule has 96 valence electrons. The number of hydrogen-bond donors (Lipinski definition) is 1. The Bertz CT molecular complexity index is 389. The Kier molecular flexibility index (Phi) is 3.25. The van der Waals surface area contributed by atoms with Gasteiger partial charge in [-0.2, -0.15) is 5.10 Å². The van der Waals surface area contributed by atoms with Crippen molar-refractivity contribution in [2.45, 2.75) is 63.8 Å². The molecular weight excluding hydrogens is 212 g/mol. The molecule has 17 heavy (non-hydrogen) atoms. The summed E-state index contributed by atoms with van der Waals surface area (Å²) in [5, 5.41) is 4.55. The summed E-state index contributed by atoms with van der Waals surface area (Å²) in [5.41, 5.74) is 6.07. The van der Waals surface area contributed by atoms with Gasteiger partial charge in [0.25, 0.3) is 0 Å². The Morgan fingerprint density at radius 2 is 2.00 bits per heavy atom. The summed E-state index contributed by atoms with van der Waals surface area (Å²) in [4.78, 5) is 4.74. The van der Waals surface area contributed by atoms with Gasteiger partial charge < -0.3 is 5.73 Å². The van der Waals surface area contributed by atoms with Gasteiger partial charge in [0.05, 0.1) is 0 Å².